The summed E-state index contributed by atoms with van der Waals surface area (Å²) in [7, 11) is 2.94. The molecule has 0 spiro atoms. The van der Waals surface area contributed by atoms with Crippen molar-refractivity contribution in [3.8, 4) is 23.0 Å². The minimum absolute atomic E-state index is 0.00959. The first-order valence-corrected chi connectivity index (χ1v) is 7.64. The smallest absolute Gasteiger partial charge is 0.187 e. The van der Waals surface area contributed by atoms with Crippen molar-refractivity contribution in [3.05, 3.63) is 47.0 Å². The summed E-state index contributed by atoms with van der Waals surface area (Å²) in [6, 6.07) is 8.26. The molecule has 2 aromatic carbocycles. The molecule has 5 nitrogen and oxygen atoms in total. The Labute approximate surface area is 145 Å². The van der Waals surface area contributed by atoms with Crippen LogP contribution in [0.15, 0.2) is 30.3 Å². The summed E-state index contributed by atoms with van der Waals surface area (Å²) in [6.45, 7) is -1.98. The lowest BCUT2D eigenvalue weighted by atomic mass is 9.92. The van der Waals surface area contributed by atoms with Crippen molar-refractivity contribution in [2.75, 3.05) is 27.7 Å². The van der Waals surface area contributed by atoms with Crippen LogP contribution in [0.2, 0.25) is 0 Å². The minimum Gasteiger partial charge on any atom is -0.504 e. The van der Waals surface area contributed by atoms with E-state index in [-0.39, 0.29) is 17.9 Å². The van der Waals surface area contributed by atoms with Crippen LogP contribution in [0.3, 0.4) is 0 Å². The molecule has 0 aromatic heterocycles. The van der Waals surface area contributed by atoms with Crippen LogP contribution in [0.4, 0.5) is 0 Å². The Hall–Kier alpha value is -2.69. The number of nitrogens with zero attached hydrogens (tertiary/aromatic N) is 1. The summed E-state index contributed by atoms with van der Waals surface area (Å²) in [6.07, 6.45) is 0.816. The van der Waals surface area contributed by atoms with Crippen LogP contribution >= 0.6 is 0 Å². The fourth-order valence-corrected chi connectivity index (χ4v) is 2.99. The average molecular weight is 331 g/mol. The fourth-order valence-electron chi connectivity index (χ4n) is 2.99. The van der Waals surface area contributed by atoms with E-state index >= 15 is 0 Å². The van der Waals surface area contributed by atoms with Crippen molar-refractivity contribution in [2.24, 2.45) is 0 Å². The zero-order chi connectivity index (χ0) is 19.8. The predicted octanol–water partition coefficient (Wildman–Crippen LogP) is 2.35. The number of rotatable bonds is 4. The Morgan fingerprint density at radius 2 is 1.83 bits per heavy atom. The molecule has 5 heteroatoms. The summed E-state index contributed by atoms with van der Waals surface area (Å²) in [5.74, 6) is 0.656. The second-order valence-corrected chi connectivity index (χ2v) is 5.71. The van der Waals surface area contributed by atoms with Crippen LogP contribution in [-0.4, -0.2) is 48.2 Å². The van der Waals surface area contributed by atoms with Gasteiger partial charge >= 0.3 is 0 Å². The maximum Gasteiger partial charge on any atom is 0.187 e. The van der Waals surface area contributed by atoms with Crippen LogP contribution in [0, 0.1) is 0 Å². The van der Waals surface area contributed by atoms with Gasteiger partial charge in [-0.15, -0.1) is 0 Å². The number of likely N-dealkylation sites (N-methyl/N-ethyl adjacent to an activating group) is 1. The van der Waals surface area contributed by atoms with Crippen LogP contribution in [0.25, 0.3) is 0 Å². The van der Waals surface area contributed by atoms with E-state index in [4.69, 9.17) is 13.6 Å². The molecule has 0 aliphatic carbocycles. The van der Waals surface area contributed by atoms with Gasteiger partial charge in [0.2, 0.25) is 0 Å². The highest BCUT2D eigenvalue weighted by Crippen LogP contribution is 2.32. The van der Waals surface area contributed by atoms with Crippen molar-refractivity contribution in [1.82, 2.24) is 0 Å². The molecule has 2 aromatic rings. The Morgan fingerprint density at radius 1 is 1.08 bits per heavy atom. The van der Waals surface area contributed by atoms with Crippen LogP contribution in [0.5, 0.6) is 23.0 Å². The Bertz CT molecular complexity index is 907. The molecule has 3 rings (SSSR count). The van der Waals surface area contributed by atoms with Crippen LogP contribution in [-0.2, 0) is 12.8 Å². The van der Waals surface area contributed by atoms with Gasteiger partial charge in [0, 0.05) is 12.0 Å². The van der Waals surface area contributed by atoms with Crippen molar-refractivity contribution in [3.63, 3.8) is 0 Å². The largest absolute Gasteiger partial charge is 0.504 e. The molecular formula is C19H22NO4+. The van der Waals surface area contributed by atoms with Gasteiger partial charge in [-0.2, -0.15) is 0 Å². The quantitative estimate of drug-likeness (QED) is 0.844. The topological polar surface area (TPSA) is 61.9 Å². The van der Waals surface area contributed by atoms with Gasteiger partial charge in [-0.05, 0) is 35.4 Å². The van der Waals surface area contributed by atoms with Gasteiger partial charge in [0.1, 0.15) is 13.5 Å². The molecule has 0 radical (unpaired) electrons. The zero-order valence-electron chi connectivity index (χ0n) is 16.7. The first-order valence-electron chi connectivity index (χ1n) is 9.14. The van der Waals surface area contributed by atoms with Gasteiger partial charge in [-0.1, -0.05) is 6.07 Å². The average Bonchev–Trinajstić information content (AvgIpc) is 2.61. The molecule has 0 saturated heterocycles. The molecule has 1 aliphatic rings. The molecule has 0 bridgehead atoms. The van der Waals surface area contributed by atoms with Gasteiger partial charge in [0.25, 0.3) is 0 Å². The van der Waals surface area contributed by atoms with E-state index in [0.717, 1.165) is 11.1 Å². The lowest BCUT2D eigenvalue weighted by Crippen LogP contribution is -2.28. The van der Waals surface area contributed by atoms with E-state index in [1.165, 1.54) is 18.8 Å². The van der Waals surface area contributed by atoms with Crippen molar-refractivity contribution in [2.45, 2.75) is 12.8 Å². The van der Waals surface area contributed by atoms with Crippen molar-refractivity contribution < 1.29 is 28.4 Å². The van der Waals surface area contributed by atoms with Crippen LogP contribution < -0.4 is 9.47 Å². The highest BCUT2D eigenvalue weighted by molar-refractivity contribution is 6.00. The summed E-state index contributed by atoms with van der Waals surface area (Å²) in [5.41, 5.74) is 2.89. The molecule has 0 atom stereocenters. The zero-order valence-corrected chi connectivity index (χ0v) is 13.7. The monoisotopic (exact) mass is 331 g/mol. The third-order valence-electron chi connectivity index (χ3n) is 4.26. The number of methoxy groups -OCH3 is 2. The molecule has 0 unspecified atom stereocenters. The molecule has 0 saturated carbocycles. The first-order chi connectivity index (χ1) is 12.7. The molecule has 24 heavy (non-hydrogen) atoms. The van der Waals surface area contributed by atoms with Gasteiger partial charge in [-0.3, -0.25) is 0 Å². The number of phenolic OH excluding ortho intramolecular Hbond substituents is 2. The predicted molar refractivity (Wildman–Crippen MR) is 91.9 cm³/mol. The molecular weight excluding hydrogens is 306 g/mol. The van der Waals surface area contributed by atoms with E-state index in [2.05, 4.69) is 0 Å². The van der Waals surface area contributed by atoms with Crippen molar-refractivity contribution >= 4 is 5.71 Å². The molecule has 126 valence electrons. The highest BCUT2D eigenvalue weighted by atomic mass is 16.5. The number of benzene rings is 2. The summed E-state index contributed by atoms with van der Waals surface area (Å²) < 4.78 is 35.3. The van der Waals surface area contributed by atoms with Gasteiger partial charge in [-0.25, -0.2) is 4.58 Å². The summed E-state index contributed by atoms with van der Waals surface area (Å²) in [5, 5.41) is 20.2. The molecule has 2 N–H and O–H groups in total. The molecule has 0 fully saturated rings. The van der Waals surface area contributed by atoms with E-state index in [1.54, 1.807) is 30.3 Å². The van der Waals surface area contributed by atoms with Crippen molar-refractivity contribution in [1.29, 1.82) is 0 Å². The highest BCUT2D eigenvalue weighted by Gasteiger charge is 2.25. The van der Waals surface area contributed by atoms with Gasteiger partial charge in [0.15, 0.2) is 28.7 Å². The number of aromatic hydroxyl groups is 2. The molecule has 1 heterocycles. The first kappa shape index (κ1) is 12.7. The number of hydrogen-bond donors (Lipinski definition) is 2. The minimum atomic E-state index is -2.31. The third-order valence-corrected chi connectivity index (χ3v) is 4.26. The van der Waals surface area contributed by atoms with Crippen LogP contribution in [0.1, 0.15) is 20.8 Å². The van der Waals surface area contributed by atoms with E-state index in [1.807, 2.05) is 0 Å². The molecule has 1 aliphatic heterocycles. The standard InChI is InChI=1S/C19H21NO4/c1-20-7-6-13-10-19(24-3)17(22)11-14(13)15(20)8-12-4-5-18(23-2)16(21)9-12/h4-5,9-11H,6-8H2,1-3H3,(H-,21,22)/p+1/i1D3. The number of phenols is 2. The summed E-state index contributed by atoms with van der Waals surface area (Å²) >= 11 is 0. The maximum atomic E-state index is 10.2. The lowest BCUT2D eigenvalue weighted by molar-refractivity contribution is -0.498. The summed E-state index contributed by atoms with van der Waals surface area (Å²) in [4.78, 5) is 0. The Morgan fingerprint density at radius 3 is 2.50 bits per heavy atom. The fraction of sp³-hybridized carbons (Fsp3) is 0.316. The normalized spacial score (nSPS) is 16.0. The van der Waals surface area contributed by atoms with E-state index < -0.39 is 6.98 Å². The van der Waals surface area contributed by atoms with E-state index in [0.29, 0.717) is 35.7 Å². The maximum absolute atomic E-state index is 10.2. The second-order valence-electron chi connectivity index (χ2n) is 5.71. The number of ether oxygens (including phenoxy) is 2. The third kappa shape index (κ3) is 2.89. The number of fused-ring (bicyclic) bond motifs is 1. The SMILES string of the molecule is [2H]C([2H])([2H])[N+]1=C(Cc2ccc(OC)c(O)c2)c2cc(O)c(OC)cc2CC1. The molecule has 0 amide bonds. The van der Waals surface area contributed by atoms with Gasteiger partial charge < -0.3 is 19.7 Å². The second kappa shape index (κ2) is 6.43. The van der Waals surface area contributed by atoms with E-state index in [9.17, 15) is 10.2 Å². The lowest BCUT2D eigenvalue weighted by Gasteiger charge is -2.18. The Balaban J connectivity index is 2.12. The van der Waals surface area contributed by atoms with Gasteiger partial charge in [0.05, 0.1) is 24.8 Å². The Kier molecular flexibility index (Phi) is 3.40. The number of hydrogen-bond acceptors (Lipinski definition) is 4.